The van der Waals surface area contributed by atoms with Crippen LogP contribution < -0.4 is 11.1 Å². The lowest BCUT2D eigenvalue weighted by atomic mass is 10.0. The lowest BCUT2D eigenvalue weighted by Crippen LogP contribution is -2.40. The van der Waals surface area contributed by atoms with E-state index in [1.807, 2.05) is 0 Å². The number of carbonyl (C=O) groups is 2. The van der Waals surface area contributed by atoms with Crippen LogP contribution in [0.3, 0.4) is 0 Å². The minimum absolute atomic E-state index is 0.253. The topological polar surface area (TPSA) is 92.4 Å². The zero-order chi connectivity index (χ0) is 13.9. The maximum Gasteiger partial charge on any atom is 0.251 e. The zero-order valence-electron chi connectivity index (χ0n) is 10.7. The molecule has 1 aliphatic rings. The van der Waals surface area contributed by atoms with E-state index < -0.39 is 11.5 Å². The number of primary amides is 1. The lowest BCUT2D eigenvalue weighted by molar-refractivity contribution is 0.0449. The van der Waals surface area contributed by atoms with Crippen LogP contribution in [0.4, 0.5) is 0 Å². The summed E-state index contributed by atoms with van der Waals surface area (Å²) in [6.45, 7) is 0.267. The molecule has 102 valence electrons. The van der Waals surface area contributed by atoms with Gasteiger partial charge in [-0.2, -0.15) is 0 Å². The van der Waals surface area contributed by atoms with Crippen molar-refractivity contribution in [2.75, 3.05) is 6.54 Å². The highest BCUT2D eigenvalue weighted by Crippen LogP contribution is 2.28. The van der Waals surface area contributed by atoms with Crippen molar-refractivity contribution >= 4 is 11.8 Å². The molecule has 1 aromatic rings. The Bertz CT molecular complexity index is 476. The van der Waals surface area contributed by atoms with Gasteiger partial charge in [-0.1, -0.05) is 12.8 Å². The molecule has 0 aromatic heterocycles. The van der Waals surface area contributed by atoms with Crippen LogP contribution in [0.5, 0.6) is 0 Å². The van der Waals surface area contributed by atoms with Crippen molar-refractivity contribution in [2.24, 2.45) is 5.73 Å². The van der Waals surface area contributed by atoms with E-state index in [4.69, 9.17) is 5.73 Å². The molecule has 4 N–H and O–H groups in total. The minimum Gasteiger partial charge on any atom is -0.388 e. The van der Waals surface area contributed by atoms with Gasteiger partial charge in [0, 0.05) is 17.7 Å². The normalized spacial score (nSPS) is 17.1. The summed E-state index contributed by atoms with van der Waals surface area (Å²) in [4.78, 5) is 22.8. The zero-order valence-corrected chi connectivity index (χ0v) is 10.7. The summed E-state index contributed by atoms with van der Waals surface area (Å²) in [6.07, 6.45) is 3.46. The number of rotatable bonds is 4. The maximum atomic E-state index is 11.9. The Morgan fingerprint density at radius 2 is 1.68 bits per heavy atom. The quantitative estimate of drug-likeness (QED) is 0.750. The smallest absolute Gasteiger partial charge is 0.251 e. The van der Waals surface area contributed by atoms with E-state index in [1.54, 1.807) is 12.1 Å². The Balaban J connectivity index is 1.94. The number of nitrogens with two attached hydrogens (primary N) is 1. The van der Waals surface area contributed by atoms with Gasteiger partial charge < -0.3 is 16.2 Å². The molecule has 1 saturated carbocycles. The van der Waals surface area contributed by atoms with Gasteiger partial charge in [0.1, 0.15) is 0 Å². The van der Waals surface area contributed by atoms with Crippen LogP contribution in [0, 0.1) is 0 Å². The molecule has 0 aliphatic heterocycles. The summed E-state index contributed by atoms with van der Waals surface area (Å²) < 4.78 is 0. The summed E-state index contributed by atoms with van der Waals surface area (Å²) >= 11 is 0. The number of benzene rings is 1. The highest BCUT2D eigenvalue weighted by Gasteiger charge is 2.31. The van der Waals surface area contributed by atoms with E-state index >= 15 is 0 Å². The van der Waals surface area contributed by atoms with Crippen molar-refractivity contribution in [1.82, 2.24) is 5.32 Å². The van der Waals surface area contributed by atoms with Crippen LogP contribution in [-0.4, -0.2) is 29.1 Å². The SMILES string of the molecule is NC(=O)c1ccc(C(=O)NCC2(O)CCCC2)cc1. The average Bonchev–Trinajstić information content (AvgIpc) is 2.83. The van der Waals surface area contributed by atoms with Crippen molar-refractivity contribution in [3.63, 3.8) is 0 Å². The molecule has 2 amide bonds. The molecule has 19 heavy (non-hydrogen) atoms. The van der Waals surface area contributed by atoms with Crippen LogP contribution in [0.15, 0.2) is 24.3 Å². The van der Waals surface area contributed by atoms with Crippen molar-refractivity contribution in [1.29, 1.82) is 0 Å². The number of hydrogen-bond acceptors (Lipinski definition) is 3. The van der Waals surface area contributed by atoms with Gasteiger partial charge in [-0.05, 0) is 37.1 Å². The first kappa shape index (κ1) is 13.5. The fourth-order valence-electron chi connectivity index (χ4n) is 2.34. The van der Waals surface area contributed by atoms with Gasteiger partial charge in [0.05, 0.1) is 5.60 Å². The molecule has 0 atom stereocenters. The number of nitrogens with one attached hydrogen (secondary N) is 1. The molecule has 5 heteroatoms. The molecular weight excluding hydrogens is 244 g/mol. The fourth-order valence-corrected chi connectivity index (χ4v) is 2.34. The Morgan fingerprint density at radius 1 is 1.16 bits per heavy atom. The molecular formula is C14H18N2O3. The van der Waals surface area contributed by atoms with Gasteiger partial charge in [-0.15, -0.1) is 0 Å². The molecule has 0 unspecified atom stereocenters. The van der Waals surface area contributed by atoms with Crippen LogP contribution in [-0.2, 0) is 0 Å². The van der Waals surface area contributed by atoms with Gasteiger partial charge in [-0.3, -0.25) is 9.59 Å². The van der Waals surface area contributed by atoms with Crippen molar-refractivity contribution < 1.29 is 14.7 Å². The van der Waals surface area contributed by atoms with Gasteiger partial charge >= 0.3 is 0 Å². The number of carbonyl (C=O) groups excluding carboxylic acids is 2. The second kappa shape index (κ2) is 5.40. The van der Waals surface area contributed by atoms with E-state index in [1.165, 1.54) is 12.1 Å². The minimum atomic E-state index is -0.761. The molecule has 0 bridgehead atoms. The van der Waals surface area contributed by atoms with Crippen LogP contribution in [0.25, 0.3) is 0 Å². The highest BCUT2D eigenvalue weighted by molar-refractivity contribution is 5.97. The standard InChI is InChI=1S/C14H18N2O3/c15-12(17)10-3-5-11(6-4-10)13(18)16-9-14(19)7-1-2-8-14/h3-6,19H,1-2,7-9H2,(H2,15,17)(H,16,18). The largest absolute Gasteiger partial charge is 0.388 e. The molecule has 0 radical (unpaired) electrons. The van der Waals surface area contributed by atoms with Gasteiger partial charge in [0.15, 0.2) is 0 Å². The van der Waals surface area contributed by atoms with E-state index in [2.05, 4.69) is 5.32 Å². The monoisotopic (exact) mass is 262 g/mol. The molecule has 5 nitrogen and oxygen atoms in total. The second-order valence-electron chi connectivity index (χ2n) is 5.06. The maximum absolute atomic E-state index is 11.9. The van der Waals surface area contributed by atoms with E-state index in [9.17, 15) is 14.7 Å². The summed E-state index contributed by atoms with van der Waals surface area (Å²) in [7, 11) is 0. The molecule has 2 rings (SSSR count). The van der Waals surface area contributed by atoms with Gasteiger partial charge in [-0.25, -0.2) is 0 Å². The molecule has 1 fully saturated rings. The number of hydrogen-bond donors (Lipinski definition) is 3. The predicted octanol–water partition coefficient (Wildman–Crippen LogP) is 0.820. The number of amides is 2. The van der Waals surface area contributed by atoms with E-state index in [-0.39, 0.29) is 12.5 Å². The Labute approximate surface area is 111 Å². The van der Waals surface area contributed by atoms with Crippen LogP contribution in [0.1, 0.15) is 46.4 Å². The Kier molecular flexibility index (Phi) is 3.85. The lowest BCUT2D eigenvalue weighted by Gasteiger charge is -2.22. The Morgan fingerprint density at radius 3 is 2.21 bits per heavy atom. The molecule has 1 aromatic carbocycles. The molecule has 0 heterocycles. The van der Waals surface area contributed by atoms with Crippen LogP contribution >= 0.6 is 0 Å². The van der Waals surface area contributed by atoms with E-state index in [0.717, 1.165) is 25.7 Å². The van der Waals surface area contributed by atoms with Crippen LogP contribution in [0.2, 0.25) is 0 Å². The second-order valence-corrected chi connectivity index (χ2v) is 5.06. The summed E-state index contributed by atoms with van der Waals surface area (Å²) in [6, 6.07) is 6.13. The van der Waals surface area contributed by atoms with Crippen molar-refractivity contribution in [3.05, 3.63) is 35.4 Å². The van der Waals surface area contributed by atoms with Crippen molar-refractivity contribution in [2.45, 2.75) is 31.3 Å². The van der Waals surface area contributed by atoms with Gasteiger partial charge in [0.2, 0.25) is 5.91 Å². The number of aliphatic hydroxyl groups is 1. The summed E-state index contributed by atoms with van der Waals surface area (Å²) in [5.41, 5.74) is 5.18. The third-order valence-corrected chi connectivity index (χ3v) is 3.54. The third kappa shape index (κ3) is 3.32. The summed E-state index contributed by atoms with van der Waals surface area (Å²) in [5, 5.41) is 12.9. The van der Waals surface area contributed by atoms with Gasteiger partial charge in [0.25, 0.3) is 5.91 Å². The first-order valence-corrected chi connectivity index (χ1v) is 6.41. The van der Waals surface area contributed by atoms with E-state index in [0.29, 0.717) is 11.1 Å². The first-order valence-electron chi connectivity index (χ1n) is 6.41. The first-order chi connectivity index (χ1) is 9.00. The average molecular weight is 262 g/mol. The molecule has 0 spiro atoms. The predicted molar refractivity (Wildman–Crippen MR) is 70.7 cm³/mol. The molecule has 1 aliphatic carbocycles. The fraction of sp³-hybridized carbons (Fsp3) is 0.429. The van der Waals surface area contributed by atoms with Crippen molar-refractivity contribution in [3.8, 4) is 0 Å². The summed E-state index contributed by atoms with van der Waals surface area (Å²) in [5.74, 6) is -0.774. The Hall–Kier alpha value is -1.88. The molecule has 0 saturated heterocycles. The third-order valence-electron chi connectivity index (χ3n) is 3.54. The highest BCUT2D eigenvalue weighted by atomic mass is 16.3.